The van der Waals surface area contributed by atoms with E-state index in [2.05, 4.69) is 22.0 Å². The molecule has 164 valence electrons. The van der Waals surface area contributed by atoms with Crippen LogP contribution in [0.25, 0.3) is 0 Å². The molecule has 1 aromatic rings. The number of sulfonamides is 1. The van der Waals surface area contributed by atoms with Gasteiger partial charge in [-0.05, 0) is 37.0 Å². The van der Waals surface area contributed by atoms with E-state index < -0.39 is 10.0 Å². The smallest absolute Gasteiger partial charge is 0.240 e. The largest absolute Gasteiger partial charge is 0.377 e. The van der Waals surface area contributed by atoms with E-state index in [1.165, 1.54) is 32.1 Å². The van der Waals surface area contributed by atoms with Crippen LogP contribution in [0.3, 0.4) is 0 Å². The highest BCUT2D eigenvalue weighted by Gasteiger charge is 2.20. The van der Waals surface area contributed by atoms with E-state index in [9.17, 15) is 8.42 Å². The Hall–Kier alpha value is -1.64. The standard InChI is InChI=1S/C21H36N4O3S/c1-2-3-4-5-6-7-14-23-21(22)24-16-18-10-12-20(13-11-18)29(26,27)25-17-19-9-8-15-28-19/h10-13,19,25H,2-9,14-17H2,1H3,(H3,22,23,24). The zero-order chi connectivity index (χ0) is 21.0. The summed E-state index contributed by atoms with van der Waals surface area (Å²) in [5, 5.41) is 3.13. The predicted octanol–water partition coefficient (Wildman–Crippen LogP) is 2.91. The van der Waals surface area contributed by atoms with Crippen LogP contribution in [0.15, 0.2) is 34.2 Å². The second-order valence-electron chi connectivity index (χ2n) is 7.53. The maximum atomic E-state index is 12.4. The Balaban J connectivity index is 1.71. The molecule has 0 aromatic heterocycles. The molecule has 1 fully saturated rings. The molecule has 0 radical (unpaired) electrons. The predicted molar refractivity (Wildman–Crippen MR) is 117 cm³/mol. The summed E-state index contributed by atoms with van der Waals surface area (Å²) in [5.41, 5.74) is 6.81. The summed E-state index contributed by atoms with van der Waals surface area (Å²) >= 11 is 0. The fourth-order valence-corrected chi connectivity index (χ4v) is 4.29. The fraction of sp³-hybridized carbons (Fsp3) is 0.667. The van der Waals surface area contributed by atoms with Gasteiger partial charge in [-0.2, -0.15) is 0 Å². The van der Waals surface area contributed by atoms with Gasteiger partial charge in [0, 0.05) is 19.7 Å². The fourth-order valence-electron chi connectivity index (χ4n) is 3.22. The van der Waals surface area contributed by atoms with Crippen LogP contribution in [0.4, 0.5) is 0 Å². The normalized spacial score (nSPS) is 17.6. The molecular formula is C21H36N4O3S. The van der Waals surface area contributed by atoms with Gasteiger partial charge >= 0.3 is 0 Å². The summed E-state index contributed by atoms with van der Waals surface area (Å²) in [5.74, 6) is 0.425. The molecule has 8 heteroatoms. The zero-order valence-corrected chi connectivity index (χ0v) is 18.3. The first-order valence-electron chi connectivity index (χ1n) is 10.8. The van der Waals surface area contributed by atoms with Crippen LogP contribution in [0.1, 0.15) is 63.9 Å². The van der Waals surface area contributed by atoms with Gasteiger partial charge in [-0.25, -0.2) is 18.1 Å². The molecule has 0 spiro atoms. The van der Waals surface area contributed by atoms with Crippen molar-refractivity contribution < 1.29 is 13.2 Å². The summed E-state index contributed by atoms with van der Waals surface area (Å²) < 4.78 is 32.8. The molecule has 1 aliphatic heterocycles. The van der Waals surface area contributed by atoms with Crippen LogP contribution in [0, 0.1) is 0 Å². The number of aliphatic imine (C=N–C) groups is 1. The molecule has 1 unspecified atom stereocenters. The highest BCUT2D eigenvalue weighted by molar-refractivity contribution is 7.89. The Morgan fingerprint density at radius 2 is 1.90 bits per heavy atom. The van der Waals surface area contributed by atoms with Crippen molar-refractivity contribution >= 4 is 16.0 Å². The van der Waals surface area contributed by atoms with Crippen LogP contribution in [0.5, 0.6) is 0 Å². The number of hydrogen-bond donors (Lipinski definition) is 3. The number of nitrogens with zero attached hydrogens (tertiary/aromatic N) is 1. The van der Waals surface area contributed by atoms with Crippen molar-refractivity contribution in [3.63, 3.8) is 0 Å². The number of rotatable bonds is 13. The SMILES string of the molecule is CCCCCCCCNC(N)=NCc1ccc(S(=O)(=O)NCC2CCCO2)cc1. The second-order valence-corrected chi connectivity index (χ2v) is 9.29. The lowest BCUT2D eigenvalue weighted by molar-refractivity contribution is 0.114. The number of unbranched alkanes of at least 4 members (excludes halogenated alkanes) is 5. The number of benzene rings is 1. The molecule has 0 bridgehead atoms. The lowest BCUT2D eigenvalue weighted by Gasteiger charge is -2.11. The Morgan fingerprint density at radius 1 is 1.17 bits per heavy atom. The van der Waals surface area contributed by atoms with E-state index in [4.69, 9.17) is 10.5 Å². The number of ether oxygens (including phenoxy) is 1. The minimum atomic E-state index is -3.52. The molecule has 4 N–H and O–H groups in total. The number of nitrogens with two attached hydrogens (primary N) is 1. The highest BCUT2D eigenvalue weighted by atomic mass is 32.2. The van der Waals surface area contributed by atoms with Gasteiger partial charge in [0.05, 0.1) is 17.5 Å². The Labute approximate surface area is 175 Å². The number of hydrogen-bond acceptors (Lipinski definition) is 4. The molecular weight excluding hydrogens is 388 g/mol. The van der Waals surface area contributed by atoms with Gasteiger partial charge < -0.3 is 15.8 Å². The van der Waals surface area contributed by atoms with Crippen molar-refractivity contribution in [3.8, 4) is 0 Å². The third-order valence-electron chi connectivity index (χ3n) is 5.03. The first kappa shape index (κ1) is 23.6. The molecule has 2 rings (SSSR count). The second kappa shape index (κ2) is 12.8. The minimum Gasteiger partial charge on any atom is -0.377 e. The molecule has 1 saturated heterocycles. The molecule has 0 aliphatic carbocycles. The number of nitrogens with one attached hydrogen (secondary N) is 2. The molecule has 1 aliphatic rings. The van der Waals surface area contributed by atoms with Crippen molar-refractivity contribution in [1.82, 2.24) is 10.0 Å². The van der Waals surface area contributed by atoms with E-state index in [0.29, 0.717) is 25.7 Å². The quantitative estimate of drug-likeness (QED) is 0.256. The van der Waals surface area contributed by atoms with Gasteiger partial charge in [0.15, 0.2) is 5.96 Å². The lowest BCUT2D eigenvalue weighted by atomic mass is 10.1. The summed E-state index contributed by atoms with van der Waals surface area (Å²) in [6, 6.07) is 6.74. The minimum absolute atomic E-state index is 0.0230. The van der Waals surface area contributed by atoms with Crippen LogP contribution in [0.2, 0.25) is 0 Å². The average Bonchev–Trinajstić information content (AvgIpc) is 3.24. The van der Waals surface area contributed by atoms with Crippen molar-refractivity contribution in [2.24, 2.45) is 10.7 Å². The van der Waals surface area contributed by atoms with Gasteiger partial charge in [0.1, 0.15) is 0 Å². The van der Waals surface area contributed by atoms with E-state index in [1.54, 1.807) is 24.3 Å². The van der Waals surface area contributed by atoms with E-state index in [0.717, 1.165) is 31.4 Å². The van der Waals surface area contributed by atoms with Crippen LogP contribution >= 0.6 is 0 Å². The molecule has 29 heavy (non-hydrogen) atoms. The zero-order valence-electron chi connectivity index (χ0n) is 17.5. The first-order chi connectivity index (χ1) is 14.0. The molecule has 0 amide bonds. The third kappa shape index (κ3) is 9.14. The van der Waals surface area contributed by atoms with Crippen LogP contribution in [-0.4, -0.2) is 40.2 Å². The van der Waals surface area contributed by atoms with Crippen LogP contribution in [-0.2, 0) is 21.3 Å². The van der Waals surface area contributed by atoms with E-state index >= 15 is 0 Å². The lowest BCUT2D eigenvalue weighted by Crippen LogP contribution is -2.32. The van der Waals surface area contributed by atoms with Gasteiger partial charge in [0.25, 0.3) is 0 Å². The summed E-state index contributed by atoms with van der Waals surface area (Å²) in [4.78, 5) is 4.57. The van der Waals surface area contributed by atoms with E-state index in [-0.39, 0.29) is 11.0 Å². The van der Waals surface area contributed by atoms with Gasteiger partial charge in [-0.3, -0.25) is 0 Å². The Bertz CT molecular complexity index is 714. The summed E-state index contributed by atoms with van der Waals surface area (Å²) in [6.07, 6.45) is 9.29. The topological polar surface area (TPSA) is 106 Å². The van der Waals surface area contributed by atoms with Gasteiger partial charge in [-0.1, -0.05) is 51.2 Å². The Kier molecular flexibility index (Phi) is 10.5. The van der Waals surface area contributed by atoms with Gasteiger partial charge in [0.2, 0.25) is 10.0 Å². The van der Waals surface area contributed by atoms with E-state index in [1.807, 2.05) is 0 Å². The third-order valence-corrected chi connectivity index (χ3v) is 6.47. The average molecular weight is 425 g/mol. The van der Waals surface area contributed by atoms with Crippen molar-refractivity contribution in [3.05, 3.63) is 29.8 Å². The maximum Gasteiger partial charge on any atom is 0.240 e. The Morgan fingerprint density at radius 3 is 2.59 bits per heavy atom. The number of guanidine groups is 1. The van der Waals surface area contributed by atoms with Gasteiger partial charge in [-0.15, -0.1) is 0 Å². The maximum absolute atomic E-state index is 12.4. The summed E-state index contributed by atoms with van der Waals surface area (Å²) in [6.45, 7) is 4.48. The molecule has 0 saturated carbocycles. The van der Waals surface area contributed by atoms with Crippen molar-refractivity contribution in [1.29, 1.82) is 0 Å². The van der Waals surface area contributed by atoms with Crippen molar-refractivity contribution in [2.75, 3.05) is 19.7 Å². The van der Waals surface area contributed by atoms with Crippen molar-refractivity contribution in [2.45, 2.75) is 75.8 Å². The molecule has 1 atom stereocenters. The highest BCUT2D eigenvalue weighted by Crippen LogP contribution is 2.14. The molecule has 1 aromatic carbocycles. The summed E-state index contributed by atoms with van der Waals surface area (Å²) in [7, 11) is -3.52. The monoisotopic (exact) mass is 424 g/mol. The van der Waals surface area contributed by atoms with Crippen LogP contribution < -0.4 is 15.8 Å². The molecule has 7 nitrogen and oxygen atoms in total. The first-order valence-corrected chi connectivity index (χ1v) is 12.2. The molecule has 1 heterocycles.